The molecule has 0 spiro atoms. The Morgan fingerprint density at radius 3 is 2.69 bits per heavy atom. The Morgan fingerprint density at radius 2 is 1.88 bits per heavy atom. The molecule has 78 valence electrons. The first-order valence-corrected chi connectivity index (χ1v) is 4.86. The lowest BCUT2D eigenvalue weighted by atomic mass is 10.2. The highest BCUT2D eigenvalue weighted by Crippen LogP contribution is 2.17. The van der Waals surface area contributed by atoms with Crippen molar-refractivity contribution in [3.05, 3.63) is 42.7 Å². The molecule has 0 saturated carbocycles. The molecule has 0 radical (unpaired) electrons. The van der Waals surface area contributed by atoms with Gasteiger partial charge in [-0.1, -0.05) is 5.21 Å². The van der Waals surface area contributed by atoms with Crippen LogP contribution in [0.2, 0.25) is 0 Å². The van der Waals surface area contributed by atoms with Crippen LogP contribution < -0.4 is 5.73 Å². The SMILES string of the molecule is Nc1ccc2nnn(-c3ccncc3)c2c1. The van der Waals surface area contributed by atoms with Gasteiger partial charge in [0.2, 0.25) is 0 Å². The standard InChI is InChI=1S/C11H9N5/c12-8-1-2-10-11(7-8)16(15-14-10)9-3-5-13-6-4-9/h1-7H,12H2. The number of anilines is 1. The van der Waals surface area contributed by atoms with E-state index in [4.69, 9.17) is 5.73 Å². The van der Waals surface area contributed by atoms with E-state index in [1.54, 1.807) is 17.1 Å². The van der Waals surface area contributed by atoms with E-state index in [0.29, 0.717) is 5.69 Å². The quantitative estimate of drug-likeness (QED) is 0.617. The van der Waals surface area contributed by atoms with Crippen molar-refractivity contribution in [1.29, 1.82) is 0 Å². The number of hydrogen-bond donors (Lipinski definition) is 1. The predicted octanol–water partition coefficient (Wildman–Crippen LogP) is 1.40. The molecule has 3 rings (SSSR count). The molecule has 0 aliphatic heterocycles. The molecule has 5 heteroatoms. The van der Waals surface area contributed by atoms with Crippen LogP contribution in [0, 0.1) is 0 Å². The van der Waals surface area contributed by atoms with Crippen LogP contribution in [0.25, 0.3) is 16.7 Å². The molecule has 5 nitrogen and oxygen atoms in total. The maximum absolute atomic E-state index is 5.75. The van der Waals surface area contributed by atoms with Crippen LogP contribution in [0.3, 0.4) is 0 Å². The lowest BCUT2D eigenvalue weighted by Gasteiger charge is -2.01. The molecule has 0 saturated heterocycles. The zero-order chi connectivity index (χ0) is 11.0. The molecule has 16 heavy (non-hydrogen) atoms. The van der Waals surface area contributed by atoms with E-state index in [0.717, 1.165) is 16.7 Å². The lowest BCUT2D eigenvalue weighted by Crippen LogP contribution is -1.96. The van der Waals surface area contributed by atoms with Crippen molar-refractivity contribution >= 4 is 16.7 Å². The summed E-state index contributed by atoms with van der Waals surface area (Å²) in [6, 6.07) is 9.27. The molecular formula is C11H9N5. The fourth-order valence-electron chi connectivity index (χ4n) is 1.61. The summed E-state index contributed by atoms with van der Waals surface area (Å²) in [6.45, 7) is 0. The number of aromatic nitrogens is 4. The van der Waals surface area contributed by atoms with Gasteiger partial charge in [-0.2, -0.15) is 0 Å². The Kier molecular flexibility index (Phi) is 1.83. The third kappa shape index (κ3) is 1.30. The predicted molar refractivity (Wildman–Crippen MR) is 61.1 cm³/mol. The Bertz CT molecular complexity index is 629. The molecule has 2 heterocycles. The van der Waals surface area contributed by atoms with Crippen molar-refractivity contribution in [3.63, 3.8) is 0 Å². The summed E-state index contributed by atoms with van der Waals surface area (Å²) < 4.78 is 1.74. The summed E-state index contributed by atoms with van der Waals surface area (Å²) >= 11 is 0. The Morgan fingerprint density at radius 1 is 1.06 bits per heavy atom. The largest absolute Gasteiger partial charge is 0.399 e. The number of nitrogens with zero attached hydrogens (tertiary/aromatic N) is 4. The van der Waals surface area contributed by atoms with E-state index in [-0.39, 0.29) is 0 Å². The van der Waals surface area contributed by atoms with Gasteiger partial charge in [-0.15, -0.1) is 5.10 Å². The summed E-state index contributed by atoms with van der Waals surface area (Å²) in [5, 5.41) is 8.16. The smallest absolute Gasteiger partial charge is 0.113 e. The van der Waals surface area contributed by atoms with Gasteiger partial charge in [0, 0.05) is 18.1 Å². The number of pyridine rings is 1. The zero-order valence-corrected chi connectivity index (χ0v) is 8.41. The van der Waals surface area contributed by atoms with Gasteiger partial charge in [-0.25, -0.2) is 4.68 Å². The van der Waals surface area contributed by atoms with Crippen LogP contribution in [0.5, 0.6) is 0 Å². The first kappa shape index (κ1) is 8.84. The summed E-state index contributed by atoms with van der Waals surface area (Å²) in [7, 11) is 0. The molecule has 0 aliphatic rings. The molecular weight excluding hydrogens is 202 g/mol. The Labute approximate surface area is 91.5 Å². The molecule has 3 aromatic rings. The number of rotatable bonds is 1. The molecule has 0 atom stereocenters. The van der Waals surface area contributed by atoms with Gasteiger partial charge in [0.15, 0.2) is 0 Å². The normalized spacial score (nSPS) is 10.8. The van der Waals surface area contributed by atoms with Crippen molar-refractivity contribution in [2.45, 2.75) is 0 Å². The fraction of sp³-hybridized carbons (Fsp3) is 0. The summed E-state index contributed by atoms with van der Waals surface area (Å²) in [5.74, 6) is 0. The number of hydrogen-bond acceptors (Lipinski definition) is 4. The highest BCUT2D eigenvalue weighted by atomic mass is 15.4. The summed E-state index contributed by atoms with van der Waals surface area (Å²) in [4.78, 5) is 3.97. The Hall–Kier alpha value is -2.43. The maximum Gasteiger partial charge on any atom is 0.113 e. The third-order valence-corrected chi connectivity index (χ3v) is 2.38. The highest BCUT2D eigenvalue weighted by Gasteiger charge is 2.05. The van der Waals surface area contributed by atoms with Crippen LogP contribution in [0.1, 0.15) is 0 Å². The molecule has 0 bridgehead atoms. The van der Waals surface area contributed by atoms with Crippen molar-refractivity contribution < 1.29 is 0 Å². The second-order valence-corrected chi connectivity index (χ2v) is 3.45. The van der Waals surface area contributed by atoms with Gasteiger partial charge in [0.05, 0.1) is 11.2 Å². The second-order valence-electron chi connectivity index (χ2n) is 3.45. The first-order chi connectivity index (χ1) is 7.84. The third-order valence-electron chi connectivity index (χ3n) is 2.38. The van der Waals surface area contributed by atoms with Crippen molar-refractivity contribution in [2.75, 3.05) is 5.73 Å². The van der Waals surface area contributed by atoms with Crippen molar-refractivity contribution in [1.82, 2.24) is 20.0 Å². The molecule has 0 aliphatic carbocycles. The zero-order valence-electron chi connectivity index (χ0n) is 8.41. The summed E-state index contributed by atoms with van der Waals surface area (Å²) in [5.41, 5.74) is 9.09. The number of nitrogen functional groups attached to an aromatic ring is 1. The van der Waals surface area contributed by atoms with Gasteiger partial charge in [0.25, 0.3) is 0 Å². The van der Waals surface area contributed by atoms with E-state index < -0.39 is 0 Å². The minimum Gasteiger partial charge on any atom is -0.399 e. The topological polar surface area (TPSA) is 69.6 Å². The Balaban J connectivity index is 2.29. The minimum absolute atomic E-state index is 0.699. The van der Waals surface area contributed by atoms with E-state index in [1.165, 1.54) is 0 Å². The number of fused-ring (bicyclic) bond motifs is 1. The molecule has 2 N–H and O–H groups in total. The molecule has 0 amide bonds. The van der Waals surface area contributed by atoms with E-state index in [2.05, 4.69) is 15.3 Å². The fourth-order valence-corrected chi connectivity index (χ4v) is 1.61. The van der Waals surface area contributed by atoms with Gasteiger partial charge >= 0.3 is 0 Å². The van der Waals surface area contributed by atoms with Crippen LogP contribution in [0.4, 0.5) is 5.69 Å². The average Bonchev–Trinajstić information content (AvgIpc) is 2.73. The van der Waals surface area contributed by atoms with Crippen molar-refractivity contribution in [3.8, 4) is 5.69 Å². The van der Waals surface area contributed by atoms with Gasteiger partial charge in [0.1, 0.15) is 5.52 Å². The van der Waals surface area contributed by atoms with Crippen LogP contribution in [0.15, 0.2) is 42.7 Å². The van der Waals surface area contributed by atoms with E-state index in [9.17, 15) is 0 Å². The highest BCUT2D eigenvalue weighted by molar-refractivity contribution is 5.79. The molecule has 0 unspecified atom stereocenters. The second kappa shape index (κ2) is 3.30. The van der Waals surface area contributed by atoms with Gasteiger partial charge in [-0.05, 0) is 30.3 Å². The first-order valence-electron chi connectivity index (χ1n) is 4.86. The van der Waals surface area contributed by atoms with Crippen molar-refractivity contribution in [2.24, 2.45) is 0 Å². The minimum atomic E-state index is 0.699. The molecule has 0 fully saturated rings. The van der Waals surface area contributed by atoms with Crippen LogP contribution in [-0.4, -0.2) is 20.0 Å². The monoisotopic (exact) mass is 211 g/mol. The molecule has 1 aromatic carbocycles. The number of benzene rings is 1. The summed E-state index contributed by atoms with van der Waals surface area (Å²) in [6.07, 6.45) is 3.43. The maximum atomic E-state index is 5.75. The van der Waals surface area contributed by atoms with E-state index >= 15 is 0 Å². The van der Waals surface area contributed by atoms with Crippen LogP contribution in [-0.2, 0) is 0 Å². The van der Waals surface area contributed by atoms with Crippen LogP contribution >= 0.6 is 0 Å². The average molecular weight is 211 g/mol. The lowest BCUT2D eigenvalue weighted by molar-refractivity contribution is 0.822. The van der Waals surface area contributed by atoms with Gasteiger partial charge in [-0.3, -0.25) is 4.98 Å². The van der Waals surface area contributed by atoms with E-state index in [1.807, 2.05) is 30.3 Å². The molecule has 2 aromatic heterocycles. The number of nitrogens with two attached hydrogens (primary N) is 1. The van der Waals surface area contributed by atoms with Gasteiger partial charge < -0.3 is 5.73 Å².